The number of rotatable bonds is 1. The Kier molecular flexibility index (Phi) is 2.74. The highest BCUT2D eigenvalue weighted by molar-refractivity contribution is 5.95. The fourth-order valence-corrected chi connectivity index (χ4v) is 1.66. The summed E-state index contributed by atoms with van der Waals surface area (Å²) < 4.78 is 9.83. The van der Waals surface area contributed by atoms with E-state index in [-0.39, 0.29) is 17.2 Å². The molecule has 0 N–H and O–H groups in total. The van der Waals surface area contributed by atoms with Gasteiger partial charge in [0.2, 0.25) is 0 Å². The summed E-state index contributed by atoms with van der Waals surface area (Å²) >= 11 is 0. The fraction of sp³-hybridized carbons (Fsp3) is 0.273. The molecule has 0 saturated heterocycles. The number of nitro groups is 1. The van der Waals surface area contributed by atoms with Crippen molar-refractivity contribution < 1.29 is 24.0 Å². The van der Waals surface area contributed by atoms with E-state index in [2.05, 4.69) is 0 Å². The molecular weight excluding hydrogens is 242 g/mol. The Labute approximate surface area is 101 Å². The molecular formula is C11H9NO6. The normalized spacial score (nSPS) is 14.3. The number of carbonyl (C=O) groups excluding carboxylic acids is 2. The molecule has 18 heavy (non-hydrogen) atoms. The average molecular weight is 251 g/mol. The predicted octanol–water partition coefficient (Wildman–Crippen LogP) is 1.43. The maximum Gasteiger partial charge on any atom is 0.322 e. The number of carbonyl (C=O) groups is 2. The minimum atomic E-state index is -0.795. The summed E-state index contributed by atoms with van der Waals surface area (Å²) in [4.78, 5) is 32.8. The van der Waals surface area contributed by atoms with Crippen LogP contribution in [0.4, 0.5) is 5.69 Å². The van der Waals surface area contributed by atoms with E-state index in [0.29, 0.717) is 11.1 Å². The minimum Gasteiger partial charge on any atom is -0.422 e. The maximum atomic E-state index is 11.3. The van der Waals surface area contributed by atoms with Crippen LogP contribution < -0.4 is 9.47 Å². The Morgan fingerprint density at radius 1 is 1.17 bits per heavy atom. The van der Waals surface area contributed by atoms with Crippen LogP contribution in [-0.4, -0.2) is 16.9 Å². The standard InChI is InChI=1S/C11H9NO6/c1-5-6(2)11-8(3-7(5)12(15)16)17-9(13)4-10(14)18-11/h3H,4H2,1-2H3. The zero-order chi connectivity index (χ0) is 13.4. The van der Waals surface area contributed by atoms with Crippen molar-refractivity contribution in [2.45, 2.75) is 20.3 Å². The lowest BCUT2D eigenvalue weighted by molar-refractivity contribution is -0.385. The Bertz CT molecular complexity index is 577. The summed E-state index contributed by atoms with van der Waals surface area (Å²) in [7, 11) is 0. The van der Waals surface area contributed by atoms with Gasteiger partial charge in [0.25, 0.3) is 5.69 Å². The van der Waals surface area contributed by atoms with Crippen molar-refractivity contribution in [3.05, 3.63) is 27.3 Å². The number of benzene rings is 1. The quantitative estimate of drug-likeness (QED) is 0.246. The minimum absolute atomic E-state index is 0.0638. The zero-order valence-electron chi connectivity index (χ0n) is 9.68. The van der Waals surface area contributed by atoms with Gasteiger partial charge in [-0.15, -0.1) is 0 Å². The summed E-state index contributed by atoms with van der Waals surface area (Å²) in [5.41, 5.74) is 0.587. The third kappa shape index (κ3) is 1.90. The van der Waals surface area contributed by atoms with E-state index in [1.807, 2.05) is 0 Å². The van der Waals surface area contributed by atoms with Crippen LogP contribution in [0.5, 0.6) is 11.5 Å². The Hall–Kier alpha value is -2.44. The second kappa shape index (κ2) is 4.10. The highest BCUT2D eigenvalue weighted by atomic mass is 16.6. The molecule has 0 spiro atoms. The van der Waals surface area contributed by atoms with Gasteiger partial charge in [-0.25, -0.2) is 0 Å². The predicted molar refractivity (Wildman–Crippen MR) is 58.5 cm³/mol. The molecule has 1 aromatic carbocycles. The van der Waals surface area contributed by atoms with E-state index >= 15 is 0 Å². The molecule has 0 aliphatic carbocycles. The second-order valence-corrected chi connectivity index (χ2v) is 3.85. The smallest absolute Gasteiger partial charge is 0.322 e. The van der Waals surface area contributed by atoms with Crippen molar-refractivity contribution in [3.8, 4) is 11.5 Å². The first kappa shape index (κ1) is 12.0. The van der Waals surface area contributed by atoms with Crippen molar-refractivity contribution >= 4 is 17.6 Å². The Morgan fingerprint density at radius 3 is 2.39 bits per heavy atom. The van der Waals surface area contributed by atoms with Gasteiger partial charge in [-0.05, 0) is 13.8 Å². The lowest BCUT2D eigenvalue weighted by atomic mass is 10.1. The average Bonchev–Trinajstić information content (AvgIpc) is 2.41. The van der Waals surface area contributed by atoms with Crippen LogP contribution >= 0.6 is 0 Å². The van der Waals surface area contributed by atoms with Crippen LogP contribution in [0.25, 0.3) is 0 Å². The first-order chi connectivity index (χ1) is 8.40. The molecule has 0 aromatic heterocycles. The maximum absolute atomic E-state index is 11.3. The molecule has 0 unspecified atom stereocenters. The van der Waals surface area contributed by atoms with Crippen LogP contribution in [-0.2, 0) is 9.59 Å². The monoisotopic (exact) mass is 251 g/mol. The van der Waals surface area contributed by atoms with Gasteiger partial charge >= 0.3 is 11.9 Å². The molecule has 2 rings (SSSR count). The molecule has 0 amide bonds. The van der Waals surface area contributed by atoms with Crippen molar-refractivity contribution in [1.29, 1.82) is 0 Å². The molecule has 0 radical (unpaired) electrons. The molecule has 0 bridgehead atoms. The largest absolute Gasteiger partial charge is 0.422 e. The number of esters is 2. The van der Waals surface area contributed by atoms with Crippen LogP contribution in [0.2, 0.25) is 0 Å². The third-order valence-corrected chi connectivity index (χ3v) is 2.70. The van der Waals surface area contributed by atoms with E-state index in [1.165, 1.54) is 6.92 Å². The number of nitrogens with zero attached hydrogens (tertiary/aromatic N) is 1. The van der Waals surface area contributed by atoms with E-state index in [1.54, 1.807) is 6.92 Å². The molecule has 7 nitrogen and oxygen atoms in total. The lowest BCUT2D eigenvalue weighted by Crippen LogP contribution is -2.13. The van der Waals surface area contributed by atoms with Crippen LogP contribution in [0.1, 0.15) is 17.5 Å². The van der Waals surface area contributed by atoms with Gasteiger partial charge in [-0.1, -0.05) is 0 Å². The van der Waals surface area contributed by atoms with Crippen LogP contribution in [0.15, 0.2) is 6.07 Å². The van der Waals surface area contributed by atoms with Crippen LogP contribution in [0.3, 0.4) is 0 Å². The summed E-state index contributed by atoms with van der Waals surface area (Å²) in [6, 6.07) is 1.09. The first-order valence-corrected chi connectivity index (χ1v) is 5.10. The van der Waals surface area contributed by atoms with Crippen LogP contribution in [0, 0.1) is 24.0 Å². The molecule has 0 atom stereocenters. The highest BCUT2D eigenvalue weighted by Crippen LogP contribution is 2.40. The number of hydrogen-bond acceptors (Lipinski definition) is 6. The SMILES string of the molecule is Cc1c([N+](=O)[O-])cc2c(c1C)OC(=O)CC(=O)O2. The van der Waals surface area contributed by atoms with Crippen molar-refractivity contribution in [2.75, 3.05) is 0 Å². The zero-order valence-corrected chi connectivity index (χ0v) is 9.68. The van der Waals surface area contributed by atoms with Gasteiger partial charge in [0, 0.05) is 11.1 Å². The molecule has 0 saturated carbocycles. The van der Waals surface area contributed by atoms with Gasteiger partial charge in [0.05, 0.1) is 11.0 Å². The number of hydrogen-bond donors (Lipinski definition) is 0. The molecule has 94 valence electrons. The van der Waals surface area contributed by atoms with Gasteiger partial charge in [0.1, 0.15) is 6.42 Å². The number of fused-ring (bicyclic) bond motifs is 1. The molecule has 7 heteroatoms. The number of nitro benzene ring substituents is 1. The Balaban J connectivity index is 2.66. The third-order valence-electron chi connectivity index (χ3n) is 2.70. The van der Waals surface area contributed by atoms with E-state index in [0.717, 1.165) is 6.07 Å². The Morgan fingerprint density at radius 2 is 1.78 bits per heavy atom. The summed E-state index contributed by atoms with van der Waals surface area (Å²) in [5, 5.41) is 10.8. The van der Waals surface area contributed by atoms with Crippen molar-refractivity contribution in [2.24, 2.45) is 0 Å². The summed E-state index contributed by atoms with van der Waals surface area (Å²) in [6.07, 6.45) is -0.513. The second-order valence-electron chi connectivity index (χ2n) is 3.85. The molecule has 1 heterocycles. The lowest BCUT2D eigenvalue weighted by Gasteiger charge is -2.10. The highest BCUT2D eigenvalue weighted by Gasteiger charge is 2.28. The first-order valence-electron chi connectivity index (χ1n) is 5.10. The molecule has 1 aliphatic rings. The molecule has 1 aromatic rings. The molecule has 1 aliphatic heterocycles. The van der Waals surface area contributed by atoms with E-state index < -0.39 is 23.3 Å². The number of ether oxygens (including phenoxy) is 2. The fourth-order valence-electron chi connectivity index (χ4n) is 1.66. The van der Waals surface area contributed by atoms with Gasteiger partial charge in [-0.2, -0.15) is 0 Å². The van der Waals surface area contributed by atoms with Crippen molar-refractivity contribution in [1.82, 2.24) is 0 Å². The molecule has 0 fully saturated rings. The summed E-state index contributed by atoms with van der Waals surface area (Å²) in [5.74, 6) is -1.57. The van der Waals surface area contributed by atoms with Gasteiger partial charge in [0.15, 0.2) is 11.5 Å². The van der Waals surface area contributed by atoms with E-state index in [4.69, 9.17) is 9.47 Å². The van der Waals surface area contributed by atoms with Gasteiger partial charge in [-0.3, -0.25) is 19.7 Å². The van der Waals surface area contributed by atoms with E-state index in [9.17, 15) is 19.7 Å². The van der Waals surface area contributed by atoms with Gasteiger partial charge < -0.3 is 9.47 Å². The summed E-state index contributed by atoms with van der Waals surface area (Å²) in [6.45, 7) is 3.10. The van der Waals surface area contributed by atoms with Crippen molar-refractivity contribution in [3.63, 3.8) is 0 Å². The topological polar surface area (TPSA) is 95.7 Å².